The molecule has 2 fully saturated rings. The Morgan fingerprint density at radius 1 is 0.941 bits per heavy atom. The predicted molar refractivity (Wildman–Crippen MR) is 120 cm³/mol. The highest BCUT2D eigenvalue weighted by molar-refractivity contribution is 5.85. The predicted octanol–water partition coefficient (Wildman–Crippen LogP) is 4.46. The number of benzene rings is 1. The van der Waals surface area contributed by atoms with Gasteiger partial charge in [-0.05, 0) is 44.1 Å². The van der Waals surface area contributed by atoms with Gasteiger partial charge in [0, 0.05) is 43.4 Å². The van der Waals surface area contributed by atoms with Crippen molar-refractivity contribution < 1.29 is 22.6 Å². The van der Waals surface area contributed by atoms with Crippen LogP contribution in [0, 0.1) is 5.92 Å². The first kappa shape index (κ1) is 22.8. The molecule has 1 saturated carbocycles. The van der Waals surface area contributed by atoms with E-state index in [0.717, 1.165) is 67.4 Å². The second-order valence-corrected chi connectivity index (χ2v) is 8.82. The first-order valence-electron chi connectivity index (χ1n) is 11.6. The number of morpholine rings is 1. The van der Waals surface area contributed by atoms with Gasteiger partial charge in [0.05, 0.1) is 36.7 Å². The Kier molecular flexibility index (Phi) is 6.49. The van der Waals surface area contributed by atoms with Gasteiger partial charge in [-0.2, -0.15) is 13.2 Å². The highest BCUT2D eigenvalue weighted by Crippen LogP contribution is 2.35. The molecule has 0 atom stereocenters. The lowest BCUT2D eigenvalue weighted by atomic mass is 9.84. The summed E-state index contributed by atoms with van der Waals surface area (Å²) in [6, 6.07) is 4.09. The number of rotatable bonds is 5. The molecule has 3 heterocycles. The van der Waals surface area contributed by atoms with E-state index in [4.69, 9.17) is 9.47 Å². The minimum atomic E-state index is -4.46. The molecule has 1 saturated heterocycles. The maximum Gasteiger partial charge on any atom is 0.434 e. The van der Waals surface area contributed by atoms with E-state index in [2.05, 4.69) is 24.8 Å². The van der Waals surface area contributed by atoms with Crippen molar-refractivity contribution in [3.8, 4) is 5.75 Å². The largest absolute Gasteiger partial charge is 0.488 e. The zero-order chi connectivity index (χ0) is 23.5. The zero-order valence-corrected chi connectivity index (χ0v) is 18.7. The van der Waals surface area contributed by atoms with Crippen LogP contribution in [0.1, 0.15) is 37.1 Å². The van der Waals surface area contributed by atoms with Crippen molar-refractivity contribution in [3.05, 3.63) is 48.3 Å². The number of hydrogen-bond donors (Lipinski definition) is 0. The average Bonchev–Trinajstić information content (AvgIpc) is 2.85. The summed E-state index contributed by atoms with van der Waals surface area (Å²) in [5, 5.41) is 0. The van der Waals surface area contributed by atoms with Crippen LogP contribution in [-0.4, -0.2) is 52.3 Å². The monoisotopic (exact) mass is 473 g/mol. The maximum absolute atomic E-state index is 12.7. The first-order chi connectivity index (χ1) is 16.5. The number of nitrogens with zero attached hydrogens (tertiary/aromatic N) is 5. The third kappa shape index (κ3) is 5.22. The lowest BCUT2D eigenvalue weighted by Crippen LogP contribution is -2.36. The summed E-state index contributed by atoms with van der Waals surface area (Å²) in [5.41, 5.74) is 2.25. The van der Waals surface area contributed by atoms with E-state index in [1.54, 1.807) is 12.4 Å². The van der Waals surface area contributed by atoms with Crippen molar-refractivity contribution in [2.45, 2.75) is 44.4 Å². The van der Waals surface area contributed by atoms with Crippen molar-refractivity contribution in [2.24, 2.45) is 5.92 Å². The van der Waals surface area contributed by atoms with Crippen LogP contribution in [0.2, 0.25) is 0 Å². The number of alkyl halides is 3. The van der Waals surface area contributed by atoms with Crippen molar-refractivity contribution in [3.63, 3.8) is 0 Å². The molecule has 0 N–H and O–H groups in total. The Labute approximate surface area is 195 Å². The van der Waals surface area contributed by atoms with Crippen LogP contribution >= 0.6 is 0 Å². The topological polar surface area (TPSA) is 73.3 Å². The smallest absolute Gasteiger partial charge is 0.434 e. The van der Waals surface area contributed by atoms with Gasteiger partial charge in [0.15, 0.2) is 5.69 Å². The molecular weight excluding hydrogens is 447 g/mol. The third-order valence-corrected chi connectivity index (χ3v) is 6.48. The van der Waals surface area contributed by atoms with Gasteiger partial charge in [-0.25, -0.2) is 9.97 Å². The molecule has 1 aromatic carbocycles. The molecule has 0 unspecified atom stereocenters. The van der Waals surface area contributed by atoms with Gasteiger partial charge in [-0.3, -0.25) is 9.97 Å². The molecule has 2 aromatic heterocycles. The summed E-state index contributed by atoms with van der Waals surface area (Å²) < 4.78 is 50.0. The minimum Gasteiger partial charge on any atom is -0.488 e. The minimum absolute atomic E-state index is 0.0556. The normalized spacial score (nSPS) is 21.6. The average molecular weight is 473 g/mol. The molecule has 5 rings (SSSR count). The van der Waals surface area contributed by atoms with Crippen LogP contribution < -0.4 is 9.64 Å². The molecule has 180 valence electrons. The number of halogens is 3. The number of hydrogen-bond acceptors (Lipinski definition) is 7. The Morgan fingerprint density at radius 2 is 1.71 bits per heavy atom. The third-order valence-electron chi connectivity index (χ3n) is 6.48. The van der Waals surface area contributed by atoms with Gasteiger partial charge in [0.25, 0.3) is 0 Å². The van der Waals surface area contributed by atoms with E-state index in [-0.39, 0.29) is 6.10 Å². The molecule has 0 amide bonds. The van der Waals surface area contributed by atoms with Crippen LogP contribution in [0.3, 0.4) is 0 Å². The molecule has 7 nitrogen and oxygen atoms in total. The lowest BCUT2D eigenvalue weighted by molar-refractivity contribution is -0.141. The second-order valence-electron chi connectivity index (χ2n) is 8.82. The molecule has 10 heteroatoms. The summed E-state index contributed by atoms with van der Waals surface area (Å²) >= 11 is 0. The highest BCUT2D eigenvalue weighted by atomic mass is 19.4. The van der Waals surface area contributed by atoms with Crippen molar-refractivity contribution in [2.75, 3.05) is 31.2 Å². The SMILES string of the molecule is FC(F)(F)c1cnc(CC2CCC(Oc3cc(N4CCOCC4)cc4nccnc34)CC2)cn1. The van der Waals surface area contributed by atoms with Crippen LogP contribution in [0.5, 0.6) is 5.75 Å². The Hall–Kier alpha value is -3.01. The fourth-order valence-corrected chi connectivity index (χ4v) is 4.66. The molecule has 1 aliphatic carbocycles. The molecule has 1 aliphatic heterocycles. The Morgan fingerprint density at radius 3 is 2.41 bits per heavy atom. The number of fused-ring (bicyclic) bond motifs is 1. The summed E-state index contributed by atoms with van der Waals surface area (Å²) in [6.07, 6.45) is 5.19. The van der Waals surface area contributed by atoms with Crippen LogP contribution in [0.4, 0.5) is 18.9 Å². The Balaban J connectivity index is 1.23. The molecule has 0 radical (unpaired) electrons. The Bertz CT molecular complexity index is 1110. The van der Waals surface area contributed by atoms with E-state index in [1.165, 1.54) is 6.20 Å². The standard InChI is InChI=1S/C24H26F3N5O2/c25-24(26,27)22-15-30-17(14-31-22)11-16-1-3-19(4-2-16)34-21-13-18(32-7-9-33-10-8-32)12-20-23(21)29-6-5-28-20/h5-6,12-16,19H,1-4,7-11H2. The van der Waals surface area contributed by atoms with E-state index in [1.807, 2.05) is 12.1 Å². The number of aromatic nitrogens is 4. The van der Waals surface area contributed by atoms with Crippen LogP contribution in [0.25, 0.3) is 11.0 Å². The van der Waals surface area contributed by atoms with Crippen LogP contribution in [-0.2, 0) is 17.3 Å². The van der Waals surface area contributed by atoms with E-state index < -0.39 is 11.9 Å². The van der Waals surface area contributed by atoms with E-state index >= 15 is 0 Å². The lowest BCUT2D eigenvalue weighted by Gasteiger charge is -2.31. The first-order valence-corrected chi connectivity index (χ1v) is 11.6. The number of ether oxygens (including phenoxy) is 2. The van der Waals surface area contributed by atoms with Crippen molar-refractivity contribution >= 4 is 16.7 Å². The molecule has 3 aromatic rings. The summed E-state index contributed by atoms with van der Waals surface area (Å²) in [7, 11) is 0. The van der Waals surface area contributed by atoms with E-state index in [0.29, 0.717) is 31.2 Å². The second kappa shape index (κ2) is 9.69. The molecular formula is C24H26F3N5O2. The molecule has 34 heavy (non-hydrogen) atoms. The van der Waals surface area contributed by atoms with Crippen LogP contribution in [0.15, 0.2) is 36.9 Å². The van der Waals surface area contributed by atoms with Gasteiger partial charge in [0.1, 0.15) is 11.3 Å². The van der Waals surface area contributed by atoms with E-state index in [9.17, 15) is 13.2 Å². The molecule has 2 aliphatic rings. The molecule has 0 bridgehead atoms. The maximum atomic E-state index is 12.7. The van der Waals surface area contributed by atoms with Crippen molar-refractivity contribution in [1.29, 1.82) is 0 Å². The summed E-state index contributed by atoms with van der Waals surface area (Å²) in [4.78, 5) is 18.8. The number of anilines is 1. The van der Waals surface area contributed by atoms with Gasteiger partial charge < -0.3 is 14.4 Å². The quantitative estimate of drug-likeness (QED) is 0.542. The summed E-state index contributed by atoms with van der Waals surface area (Å²) in [6.45, 7) is 3.04. The zero-order valence-electron chi connectivity index (χ0n) is 18.7. The van der Waals surface area contributed by atoms with Gasteiger partial charge >= 0.3 is 6.18 Å². The summed E-state index contributed by atoms with van der Waals surface area (Å²) in [5.74, 6) is 1.09. The van der Waals surface area contributed by atoms with Crippen molar-refractivity contribution in [1.82, 2.24) is 19.9 Å². The molecule has 0 spiro atoms. The highest BCUT2D eigenvalue weighted by Gasteiger charge is 2.33. The van der Waals surface area contributed by atoms with Gasteiger partial charge in [-0.15, -0.1) is 0 Å². The fourth-order valence-electron chi connectivity index (χ4n) is 4.66. The fraction of sp³-hybridized carbons (Fsp3) is 0.500. The van der Waals surface area contributed by atoms with Gasteiger partial charge in [0.2, 0.25) is 0 Å². The van der Waals surface area contributed by atoms with Gasteiger partial charge in [-0.1, -0.05) is 0 Å².